The molecular weight excluding hydrogens is 230 g/mol. The number of hydrogen-bond acceptors (Lipinski definition) is 2. The summed E-state index contributed by atoms with van der Waals surface area (Å²) >= 11 is 0. The molecule has 2 aliphatic rings. The van der Waals surface area contributed by atoms with E-state index >= 15 is 0 Å². The molecule has 4 nitrogen and oxygen atoms in total. The molecule has 2 saturated carbocycles. The number of carboxylic acids is 1. The quantitative estimate of drug-likeness (QED) is 0.789. The zero-order chi connectivity index (χ0) is 13.3. The van der Waals surface area contributed by atoms with Gasteiger partial charge in [-0.25, -0.2) is 4.79 Å². The van der Waals surface area contributed by atoms with Crippen LogP contribution in [0.3, 0.4) is 0 Å². The molecule has 3 atom stereocenters. The molecule has 0 aliphatic heterocycles. The number of carbonyl (C=O) groups is 2. The van der Waals surface area contributed by atoms with E-state index in [1.807, 2.05) is 6.92 Å². The van der Waals surface area contributed by atoms with Gasteiger partial charge in [0.05, 0.1) is 0 Å². The van der Waals surface area contributed by atoms with Crippen molar-refractivity contribution in [3.8, 4) is 0 Å². The Kier molecular flexibility index (Phi) is 3.64. The highest BCUT2D eigenvalue weighted by molar-refractivity contribution is 5.89. The van der Waals surface area contributed by atoms with Crippen LogP contribution in [0.4, 0.5) is 0 Å². The molecule has 0 radical (unpaired) electrons. The summed E-state index contributed by atoms with van der Waals surface area (Å²) in [5.74, 6) is 0.173. The first-order chi connectivity index (χ1) is 8.49. The minimum absolute atomic E-state index is 0.0368. The molecule has 1 amide bonds. The lowest BCUT2D eigenvalue weighted by Gasteiger charge is -2.26. The van der Waals surface area contributed by atoms with Crippen LogP contribution >= 0.6 is 0 Å². The largest absolute Gasteiger partial charge is 0.480 e. The van der Waals surface area contributed by atoms with Crippen LogP contribution in [-0.4, -0.2) is 22.5 Å². The second kappa shape index (κ2) is 4.90. The van der Waals surface area contributed by atoms with Crippen LogP contribution in [0.1, 0.15) is 52.4 Å². The third kappa shape index (κ3) is 2.38. The Morgan fingerprint density at radius 2 is 1.83 bits per heavy atom. The molecular formula is C14H23NO3. The smallest absolute Gasteiger partial charge is 0.329 e. The van der Waals surface area contributed by atoms with Gasteiger partial charge in [-0.2, -0.15) is 0 Å². The summed E-state index contributed by atoms with van der Waals surface area (Å²) in [4.78, 5) is 23.5. The van der Waals surface area contributed by atoms with Crippen LogP contribution in [0.25, 0.3) is 0 Å². The van der Waals surface area contributed by atoms with Crippen molar-refractivity contribution < 1.29 is 14.7 Å². The van der Waals surface area contributed by atoms with Crippen LogP contribution < -0.4 is 5.32 Å². The van der Waals surface area contributed by atoms with E-state index in [1.165, 1.54) is 12.8 Å². The van der Waals surface area contributed by atoms with Crippen molar-refractivity contribution in [2.24, 2.45) is 17.8 Å². The Morgan fingerprint density at radius 3 is 2.28 bits per heavy atom. The number of rotatable bonds is 5. The monoisotopic (exact) mass is 253 g/mol. The molecule has 2 rings (SSSR count). The van der Waals surface area contributed by atoms with Gasteiger partial charge >= 0.3 is 5.97 Å². The molecule has 4 heteroatoms. The molecule has 18 heavy (non-hydrogen) atoms. The van der Waals surface area contributed by atoms with Gasteiger partial charge in [-0.05, 0) is 38.0 Å². The number of carbonyl (C=O) groups excluding carboxylic acids is 1. The fraction of sp³-hybridized carbons (Fsp3) is 0.857. The third-order valence-electron chi connectivity index (χ3n) is 4.58. The minimum Gasteiger partial charge on any atom is -0.480 e. The average Bonchev–Trinajstić information content (AvgIpc) is 3.03. The molecule has 0 spiro atoms. The predicted molar refractivity (Wildman–Crippen MR) is 68.0 cm³/mol. The molecule has 0 heterocycles. The summed E-state index contributed by atoms with van der Waals surface area (Å²) in [5.41, 5.74) is -1.10. The first-order valence-electron chi connectivity index (χ1n) is 7.05. The lowest BCUT2D eigenvalue weighted by atomic mass is 9.96. The number of carboxylic acid groups (broad SMARTS) is 1. The minimum atomic E-state index is -1.10. The SMILES string of the molecule is CCCC(C)(NC(=O)C1C2CCCCC21)C(=O)O. The van der Waals surface area contributed by atoms with Crippen molar-refractivity contribution in [2.75, 3.05) is 0 Å². The van der Waals surface area contributed by atoms with Gasteiger partial charge in [0.25, 0.3) is 0 Å². The summed E-state index contributed by atoms with van der Waals surface area (Å²) in [6, 6.07) is 0. The van der Waals surface area contributed by atoms with Crippen molar-refractivity contribution >= 4 is 11.9 Å². The van der Waals surface area contributed by atoms with E-state index in [9.17, 15) is 14.7 Å². The fourth-order valence-electron chi connectivity index (χ4n) is 3.46. The number of nitrogens with one attached hydrogen (secondary N) is 1. The molecule has 0 aromatic rings. The van der Waals surface area contributed by atoms with E-state index in [2.05, 4.69) is 5.32 Å². The van der Waals surface area contributed by atoms with E-state index in [1.54, 1.807) is 6.92 Å². The Balaban J connectivity index is 1.96. The first-order valence-corrected chi connectivity index (χ1v) is 7.05. The van der Waals surface area contributed by atoms with Gasteiger partial charge in [0.15, 0.2) is 0 Å². The third-order valence-corrected chi connectivity index (χ3v) is 4.58. The zero-order valence-electron chi connectivity index (χ0n) is 11.2. The van der Waals surface area contributed by atoms with Crippen LogP contribution in [0.2, 0.25) is 0 Å². The fourth-order valence-corrected chi connectivity index (χ4v) is 3.46. The number of fused-ring (bicyclic) bond motifs is 1. The molecule has 0 aromatic carbocycles. The van der Waals surface area contributed by atoms with Crippen molar-refractivity contribution in [2.45, 2.75) is 57.9 Å². The van der Waals surface area contributed by atoms with E-state index < -0.39 is 11.5 Å². The van der Waals surface area contributed by atoms with Gasteiger partial charge in [-0.15, -0.1) is 0 Å². The molecule has 0 saturated heterocycles. The van der Waals surface area contributed by atoms with Crippen LogP contribution in [-0.2, 0) is 9.59 Å². The number of aliphatic carboxylic acids is 1. The average molecular weight is 253 g/mol. The lowest BCUT2D eigenvalue weighted by molar-refractivity contribution is -0.147. The maximum Gasteiger partial charge on any atom is 0.329 e. The van der Waals surface area contributed by atoms with Crippen LogP contribution in [0, 0.1) is 17.8 Å². The normalized spacial score (nSPS) is 33.1. The van der Waals surface area contributed by atoms with E-state index in [4.69, 9.17) is 0 Å². The van der Waals surface area contributed by atoms with Crippen LogP contribution in [0.15, 0.2) is 0 Å². The summed E-state index contributed by atoms with van der Waals surface area (Å²) in [7, 11) is 0. The maximum absolute atomic E-state index is 12.2. The highest BCUT2D eigenvalue weighted by Gasteiger charge is 2.55. The molecule has 2 aliphatic carbocycles. The van der Waals surface area contributed by atoms with Crippen molar-refractivity contribution in [1.29, 1.82) is 0 Å². The molecule has 2 N–H and O–H groups in total. The summed E-state index contributed by atoms with van der Waals surface area (Å²) in [6.07, 6.45) is 5.95. The predicted octanol–water partition coefficient (Wildman–Crippen LogP) is 2.18. The Bertz CT molecular complexity index is 343. The Morgan fingerprint density at radius 1 is 1.28 bits per heavy atom. The number of amides is 1. The van der Waals surface area contributed by atoms with Gasteiger partial charge < -0.3 is 10.4 Å². The van der Waals surface area contributed by atoms with Gasteiger partial charge in [0.2, 0.25) is 5.91 Å². The molecule has 102 valence electrons. The second-order valence-corrected chi connectivity index (χ2v) is 6.01. The number of hydrogen-bond donors (Lipinski definition) is 2. The van der Waals surface area contributed by atoms with E-state index in [-0.39, 0.29) is 11.8 Å². The summed E-state index contributed by atoms with van der Waals surface area (Å²) in [6.45, 7) is 3.55. The molecule has 0 bridgehead atoms. The highest BCUT2D eigenvalue weighted by Crippen LogP contribution is 2.55. The van der Waals surface area contributed by atoms with E-state index in [0.717, 1.165) is 19.3 Å². The topological polar surface area (TPSA) is 66.4 Å². The van der Waals surface area contributed by atoms with Gasteiger partial charge in [-0.3, -0.25) is 4.79 Å². The molecule has 2 fully saturated rings. The standard InChI is InChI=1S/C14H23NO3/c1-3-8-14(2,13(17)18)15-12(16)11-9-6-4-5-7-10(9)11/h9-11H,3-8H2,1-2H3,(H,15,16)(H,17,18). The molecule has 0 aromatic heterocycles. The second-order valence-electron chi connectivity index (χ2n) is 6.01. The van der Waals surface area contributed by atoms with E-state index in [0.29, 0.717) is 18.3 Å². The van der Waals surface area contributed by atoms with Gasteiger partial charge in [-0.1, -0.05) is 26.2 Å². The van der Waals surface area contributed by atoms with Crippen molar-refractivity contribution in [3.05, 3.63) is 0 Å². The van der Waals surface area contributed by atoms with Crippen LogP contribution in [0.5, 0.6) is 0 Å². The van der Waals surface area contributed by atoms with Crippen molar-refractivity contribution in [3.63, 3.8) is 0 Å². The van der Waals surface area contributed by atoms with Crippen molar-refractivity contribution in [1.82, 2.24) is 5.32 Å². The highest BCUT2D eigenvalue weighted by atomic mass is 16.4. The summed E-state index contributed by atoms with van der Waals surface area (Å²) in [5, 5.41) is 12.0. The lowest BCUT2D eigenvalue weighted by Crippen LogP contribution is -2.52. The zero-order valence-corrected chi connectivity index (χ0v) is 11.2. The Labute approximate surface area is 108 Å². The molecule has 3 unspecified atom stereocenters. The van der Waals surface area contributed by atoms with Gasteiger partial charge in [0, 0.05) is 5.92 Å². The summed E-state index contributed by atoms with van der Waals surface area (Å²) < 4.78 is 0. The van der Waals surface area contributed by atoms with Gasteiger partial charge in [0.1, 0.15) is 5.54 Å². The maximum atomic E-state index is 12.2. The first kappa shape index (κ1) is 13.4. The Hall–Kier alpha value is -1.06.